The second-order valence-corrected chi connectivity index (χ2v) is 7.84. The van der Waals surface area contributed by atoms with Crippen LogP contribution in [0.5, 0.6) is 0 Å². The predicted octanol–water partition coefficient (Wildman–Crippen LogP) is 7.45. The molecule has 2 aliphatic rings. The van der Waals surface area contributed by atoms with Crippen molar-refractivity contribution in [3.8, 4) is 11.1 Å². The molecule has 0 spiro atoms. The molecule has 0 nitrogen and oxygen atoms in total. The first-order valence-corrected chi connectivity index (χ1v) is 10.1. The van der Waals surface area contributed by atoms with Crippen LogP contribution in [-0.4, -0.2) is 0 Å². The molecule has 126 valence electrons. The molecule has 2 saturated carbocycles. The van der Waals surface area contributed by atoms with Crippen molar-refractivity contribution in [1.82, 2.24) is 0 Å². The summed E-state index contributed by atoms with van der Waals surface area (Å²) in [6, 6.07) is 18.5. The van der Waals surface area contributed by atoms with Gasteiger partial charge in [-0.05, 0) is 59.8 Å². The Morgan fingerprint density at radius 2 is 0.833 bits per heavy atom. The second-order valence-electron chi connectivity index (χ2n) is 7.84. The highest BCUT2D eigenvalue weighted by Crippen LogP contribution is 2.42. The monoisotopic (exact) mass is 318 g/mol. The van der Waals surface area contributed by atoms with Crippen molar-refractivity contribution < 1.29 is 0 Å². The molecule has 2 aliphatic carbocycles. The van der Waals surface area contributed by atoms with Gasteiger partial charge in [0.15, 0.2) is 0 Å². The predicted molar refractivity (Wildman–Crippen MR) is 104 cm³/mol. The summed E-state index contributed by atoms with van der Waals surface area (Å²) < 4.78 is 0. The molecule has 0 N–H and O–H groups in total. The van der Waals surface area contributed by atoms with Crippen LogP contribution in [0.25, 0.3) is 11.1 Å². The molecule has 0 heterocycles. The molecule has 2 aromatic carbocycles. The van der Waals surface area contributed by atoms with Crippen molar-refractivity contribution in [2.24, 2.45) is 0 Å². The normalized spacial score (nSPS) is 20.2. The van der Waals surface area contributed by atoms with Crippen LogP contribution in [0.4, 0.5) is 0 Å². The Morgan fingerprint density at radius 3 is 1.25 bits per heavy atom. The van der Waals surface area contributed by atoms with Gasteiger partial charge in [0.2, 0.25) is 0 Å². The smallest absolute Gasteiger partial charge is 0.0146 e. The van der Waals surface area contributed by atoms with E-state index in [9.17, 15) is 0 Å². The summed E-state index contributed by atoms with van der Waals surface area (Å²) in [5.41, 5.74) is 6.26. The largest absolute Gasteiger partial charge is 0.0619 e. The SMILES string of the molecule is c1ccc(C2CCCCC2)c(-c2ccccc2C2CCCCC2)c1. The fourth-order valence-corrected chi connectivity index (χ4v) is 5.02. The lowest BCUT2D eigenvalue weighted by molar-refractivity contribution is 0.442. The first-order chi connectivity index (χ1) is 11.9. The third kappa shape index (κ3) is 3.29. The van der Waals surface area contributed by atoms with Gasteiger partial charge in [-0.1, -0.05) is 87.1 Å². The molecule has 0 aliphatic heterocycles. The summed E-state index contributed by atoms with van der Waals surface area (Å²) in [6.07, 6.45) is 14.0. The average Bonchev–Trinajstić information content (AvgIpc) is 2.69. The lowest BCUT2D eigenvalue weighted by Crippen LogP contribution is -2.09. The minimum absolute atomic E-state index is 0.773. The molecule has 0 atom stereocenters. The molecule has 0 radical (unpaired) electrons. The van der Waals surface area contributed by atoms with E-state index >= 15 is 0 Å². The van der Waals surface area contributed by atoms with E-state index in [0.717, 1.165) is 11.8 Å². The third-order valence-electron chi connectivity index (χ3n) is 6.30. The summed E-state index contributed by atoms with van der Waals surface area (Å²) in [6.45, 7) is 0. The van der Waals surface area contributed by atoms with Crippen LogP contribution in [0.1, 0.15) is 87.2 Å². The Kier molecular flexibility index (Phi) is 5.02. The van der Waals surface area contributed by atoms with Gasteiger partial charge in [-0.25, -0.2) is 0 Å². The maximum atomic E-state index is 2.41. The van der Waals surface area contributed by atoms with Gasteiger partial charge in [-0.3, -0.25) is 0 Å². The fraction of sp³-hybridized carbons (Fsp3) is 0.500. The van der Waals surface area contributed by atoms with Gasteiger partial charge < -0.3 is 0 Å². The standard InChI is InChI=1S/C24H30/c1-3-11-19(12-4-1)21-15-7-9-17-23(21)24-18-10-8-16-22(24)20-13-5-2-6-14-20/h7-10,15-20H,1-6,11-14H2. The molecule has 2 aromatic rings. The van der Waals surface area contributed by atoms with E-state index in [0.29, 0.717) is 0 Å². The van der Waals surface area contributed by atoms with Crippen LogP contribution in [0.3, 0.4) is 0 Å². The minimum Gasteiger partial charge on any atom is -0.0619 e. The zero-order chi connectivity index (χ0) is 16.2. The molecular weight excluding hydrogens is 288 g/mol. The first-order valence-electron chi connectivity index (χ1n) is 10.1. The van der Waals surface area contributed by atoms with Crippen molar-refractivity contribution >= 4 is 0 Å². The van der Waals surface area contributed by atoms with Crippen LogP contribution >= 0.6 is 0 Å². The van der Waals surface area contributed by atoms with Crippen LogP contribution in [-0.2, 0) is 0 Å². The van der Waals surface area contributed by atoms with Gasteiger partial charge in [0.25, 0.3) is 0 Å². The van der Waals surface area contributed by atoms with E-state index in [1.54, 1.807) is 11.1 Å². The second kappa shape index (κ2) is 7.55. The van der Waals surface area contributed by atoms with Crippen molar-refractivity contribution in [1.29, 1.82) is 0 Å². The molecule has 2 fully saturated rings. The summed E-state index contributed by atoms with van der Waals surface area (Å²) in [5.74, 6) is 1.55. The van der Waals surface area contributed by atoms with Gasteiger partial charge in [-0.2, -0.15) is 0 Å². The van der Waals surface area contributed by atoms with Gasteiger partial charge >= 0.3 is 0 Å². The summed E-state index contributed by atoms with van der Waals surface area (Å²) in [5, 5.41) is 0. The lowest BCUT2D eigenvalue weighted by atomic mass is 9.77. The molecule has 0 unspecified atom stereocenters. The highest BCUT2D eigenvalue weighted by atomic mass is 14.3. The summed E-state index contributed by atoms with van der Waals surface area (Å²) in [4.78, 5) is 0. The molecule has 4 rings (SSSR count). The number of hydrogen-bond donors (Lipinski definition) is 0. The van der Waals surface area contributed by atoms with E-state index < -0.39 is 0 Å². The molecule has 24 heavy (non-hydrogen) atoms. The number of hydrogen-bond acceptors (Lipinski definition) is 0. The highest BCUT2D eigenvalue weighted by Gasteiger charge is 2.22. The maximum absolute atomic E-state index is 2.41. The van der Waals surface area contributed by atoms with Crippen LogP contribution < -0.4 is 0 Å². The Bertz CT molecular complexity index is 598. The molecule has 0 aromatic heterocycles. The Hall–Kier alpha value is -1.56. The zero-order valence-electron chi connectivity index (χ0n) is 14.8. The molecule has 0 amide bonds. The number of benzene rings is 2. The minimum atomic E-state index is 0.773. The van der Waals surface area contributed by atoms with Crippen molar-refractivity contribution in [3.63, 3.8) is 0 Å². The summed E-state index contributed by atoms with van der Waals surface area (Å²) >= 11 is 0. The van der Waals surface area contributed by atoms with E-state index in [-0.39, 0.29) is 0 Å². The van der Waals surface area contributed by atoms with Crippen LogP contribution in [0, 0.1) is 0 Å². The lowest BCUT2D eigenvalue weighted by Gasteiger charge is -2.28. The highest BCUT2D eigenvalue weighted by molar-refractivity contribution is 5.72. The van der Waals surface area contributed by atoms with Crippen LogP contribution in [0.15, 0.2) is 48.5 Å². The van der Waals surface area contributed by atoms with Crippen molar-refractivity contribution in [2.45, 2.75) is 76.0 Å². The topological polar surface area (TPSA) is 0 Å². The Balaban J connectivity index is 1.74. The van der Waals surface area contributed by atoms with Gasteiger partial charge in [0.1, 0.15) is 0 Å². The molecule has 0 bridgehead atoms. The number of rotatable bonds is 3. The fourth-order valence-electron chi connectivity index (χ4n) is 5.02. The zero-order valence-corrected chi connectivity index (χ0v) is 14.8. The van der Waals surface area contributed by atoms with E-state index in [4.69, 9.17) is 0 Å². The van der Waals surface area contributed by atoms with Crippen molar-refractivity contribution in [2.75, 3.05) is 0 Å². The average molecular weight is 319 g/mol. The molecule has 0 saturated heterocycles. The Morgan fingerprint density at radius 1 is 0.458 bits per heavy atom. The van der Waals surface area contributed by atoms with Crippen LogP contribution in [0.2, 0.25) is 0 Å². The quantitative estimate of drug-likeness (QED) is 0.551. The Labute approximate surface area is 147 Å². The van der Waals surface area contributed by atoms with Crippen molar-refractivity contribution in [3.05, 3.63) is 59.7 Å². The molecular formula is C24H30. The van der Waals surface area contributed by atoms with Gasteiger partial charge in [-0.15, -0.1) is 0 Å². The van der Waals surface area contributed by atoms with Gasteiger partial charge in [0, 0.05) is 0 Å². The summed E-state index contributed by atoms with van der Waals surface area (Å²) in [7, 11) is 0. The van der Waals surface area contributed by atoms with Gasteiger partial charge in [0.05, 0.1) is 0 Å². The first kappa shape index (κ1) is 15.9. The van der Waals surface area contributed by atoms with E-state index in [1.807, 2.05) is 0 Å². The van der Waals surface area contributed by atoms with E-state index in [1.165, 1.54) is 75.3 Å². The third-order valence-corrected chi connectivity index (χ3v) is 6.30. The van der Waals surface area contributed by atoms with E-state index in [2.05, 4.69) is 48.5 Å². The molecule has 0 heteroatoms. The maximum Gasteiger partial charge on any atom is -0.0146 e.